The number of rotatable bonds is 7. The fourth-order valence-corrected chi connectivity index (χ4v) is 2.37. The Bertz CT molecular complexity index is 648. The van der Waals surface area contributed by atoms with Gasteiger partial charge in [0.15, 0.2) is 0 Å². The van der Waals surface area contributed by atoms with E-state index >= 15 is 0 Å². The van der Waals surface area contributed by atoms with Crippen molar-refractivity contribution in [2.24, 2.45) is 0 Å². The normalized spacial score (nSPS) is 12.1. The van der Waals surface area contributed by atoms with Gasteiger partial charge in [-0.1, -0.05) is 25.1 Å². The highest BCUT2D eigenvalue weighted by molar-refractivity contribution is 5.88. The van der Waals surface area contributed by atoms with E-state index in [0.29, 0.717) is 19.4 Å². The summed E-state index contributed by atoms with van der Waals surface area (Å²) in [6, 6.07) is 7.52. The van der Waals surface area contributed by atoms with E-state index in [9.17, 15) is 9.59 Å². The van der Waals surface area contributed by atoms with Gasteiger partial charge in [-0.2, -0.15) is 0 Å². The van der Waals surface area contributed by atoms with Crippen molar-refractivity contribution in [3.8, 4) is 0 Å². The molecule has 0 aliphatic carbocycles. The average Bonchev–Trinajstić information content (AvgIpc) is 2.93. The summed E-state index contributed by atoms with van der Waals surface area (Å²) in [5.41, 5.74) is 2.19. The lowest BCUT2D eigenvalue weighted by atomic mass is 10.1. The largest absolute Gasteiger partial charge is 0.361 e. The molecule has 1 aromatic carbocycles. The van der Waals surface area contributed by atoms with Crippen molar-refractivity contribution in [3.05, 3.63) is 36.0 Å². The van der Waals surface area contributed by atoms with Gasteiger partial charge < -0.3 is 15.6 Å². The Labute approximate surface area is 130 Å². The van der Waals surface area contributed by atoms with Crippen LogP contribution in [0, 0.1) is 0 Å². The Hall–Kier alpha value is -2.30. The van der Waals surface area contributed by atoms with Crippen LogP contribution in [0.3, 0.4) is 0 Å². The molecule has 118 valence electrons. The number of aryl methyl sites for hydroxylation is 1. The second kappa shape index (κ2) is 7.64. The number of aromatic amines is 1. The van der Waals surface area contributed by atoms with Gasteiger partial charge in [0.1, 0.15) is 6.04 Å². The number of para-hydroxylation sites is 1. The molecule has 0 spiro atoms. The summed E-state index contributed by atoms with van der Waals surface area (Å²) in [6.45, 7) is 4.33. The van der Waals surface area contributed by atoms with Gasteiger partial charge in [-0.3, -0.25) is 9.59 Å². The standard InChI is InChI=1S/C17H23N3O2/c1-3-10-18-17(22)12(2)20-16(21)9-8-13-11-19-15-7-5-4-6-14(13)15/h4-7,11-12,19H,3,8-10H2,1-2H3,(H,18,22)(H,20,21)/t12-/m0/s1. The van der Waals surface area contributed by atoms with Crippen molar-refractivity contribution < 1.29 is 9.59 Å². The molecule has 5 heteroatoms. The Balaban J connectivity index is 1.84. The first-order valence-electron chi connectivity index (χ1n) is 7.74. The first-order valence-corrected chi connectivity index (χ1v) is 7.74. The van der Waals surface area contributed by atoms with Gasteiger partial charge in [0.25, 0.3) is 0 Å². The Morgan fingerprint density at radius 1 is 1.27 bits per heavy atom. The summed E-state index contributed by atoms with van der Waals surface area (Å²) in [6.07, 6.45) is 3.84. The van der Waals surface area contributed by atoms with E-state index in [2.05, 4.69) is 15.6 Å². The molecule has 2 aromatic rings. The van der Waals surface area contributed by atoms with Crippen molar-refractivity contribution in [1.29, 1.82) is 0 Å². The number of nitrogens with one attached hydrogen (secondary N) is 3. The molecule has 0 aliphatic rings. The summed E-state index contributed by atoms with van der Waals surface area (Å²) in [5, 5.41) is 6.65. The highest BCUT2D eigenvalue weighted by atomic mass is 16.2. The number of amides is 2. The molecule has 22 heavy (non-hydrogen) atoms. The predicted octanol–water partition coefficient (Wildman–Crippen LogP) is 2.13. The van der Waals surface area contributed by atoms with E-state index in [1.54, 1.807) is 6.92 Å². The second-order valence-electron chi connectivity index (χ2n) is 5.44. The van der Waals surface area contributed by atoms with Gasteiger partial charge in [0, 0.05) is 30.1 Å². The van der Waals surface area contributed by atoms with Gasteiger partial charge >= 0.3 is 0 Å². The molecular weight excluding hydrogens is 278 g/mol. The molecule has 0 saturated heterocycles. The van der Waals surface area contributed by atoms with Crippen LogP contribution in [0.5, 0.6) is 0 Å². The molecule has 1 heterocycles. The lowest BCUT2D eigenvalue weighted by Gasteiger charge is -2.13. The fourth-order valence-electron chi connectivity index (χ4n) is 2.37. The minimum atomic E-state index is -0.498. The predicted molar refractivity (Wildman–Crippen MR) is 87.5 cm³/mol. The summed E-state index contributed by atoms with van der Waals surface area (Å²) >= 11 is 0. The van der Waals surface area contributed by atoms with Crippen LogP contribution in [0.2, 0.25) is 0 Å². The zero-order chi connectivity index (χ0) is 15.9. The van der Waals surface area contributed by atoms with Gasteiger partial charge in [-0.05, 0) is 31.4 Å². The number of benzene rings is 1. The van der Waals surface area contributed by atoms with Crippen molar-refractivity contribution in [2.45, 2.75) is 39.2 Å². The monoisotopic (exact) mass is 301 g/mol. The number of fused-ring (bicyclic) bond motifs is 1. The minimum Gasteiger partial charge on any atom is -0.361 e. The SMILES string of the molecule is CCCNC(=O)[C@H](C)NC(=O)CCc1c[nH]c2ccccc12. The summed E-state index contributed by atoms with van der Waals surface area (Å²) < 4.78 is 0. The molecule has 1 atom stereocenters. The van der Waals surface area contributed by atoms with E-state index in [0.717, 1.165) is 22.9 Å². The first kappa shape index (κ1) is 16.1. The number of hydrogen-bond donors (Lipinski definition) is 3. The maximum absolute atomic E-state index is 12.0. The van der Waals surface area contributed by atoms with Crippen LogP contribution in [-0.2, 0) is 16.0 Å². The van der Waals surface area contributed by atoms with Crippen molar-refractivity contribution in [3.63, 3.8) is 0 Å². The molecule has 0 radical (unpaired) electrons. The second-order valence-corrected chi connectivity index (χ2v) is 5.44. The smallest absolute Gasteiger partial charge is 0.242 e. The molecule has 0 saturated carbocycles. The van der Waals surface area contributed by atoms with Gasteiger partial charge in [-0.15, -0.1) is 0 Å². The number of H-pyrrole nitrogens is 1. The average molecular weight is 301 g/mol. The van der Waals surface area contributed by atoms with Crippen molar-refractivity contribution in [2.75, 3.05) is 6.54 Å². The van der Waals surface area contributed by atoms with Crippen molar-refractivity contribution >= 4 is 22.7 Å². The van der Waals surface area contributed by atoms with Crippen LogP contribution in [0.15, 0.2) is 30.5 Å². The maximum Gasteiger partial charge on any atom is 0.242 e. The molecule has 2 amide bonds. The minimum absolute atomic E-state index is 0.107. The zero-order valence-corrected chi connectivity index (χ0v) is 13.1. The van der Waals surface area contributed by atoms with Crippen LogP contribution < -0.4 is 10.6 Å². The molecular formula is C17H23N3O2. The van der Waals surface area contributed by atoms with E-state index in [1.807, 2.05) is 37.4 Å². The van der Waals surface area contributed by atoms with Crippen LogP contribution in [-0.4, -0.2) is 29.4 Å². The van der Waals surface area contributed by atoms with E-state index in [-0.39, 0.29) is 11.8 Å². The molecule has 0 unspecified atom stereocenters. The van der Waals surface area contributed by atoms with Gasteiger partial charge in [0.05, 0.1) is 0 Å². The Morgan fingerprint density at radius 2 is 2.05 bits per heavy atom. The molecule has 5 nitrogen and oxygen atoms in total. The molecule has 1 aromatic heterocycles. The molecule has 0 fully saturated rings. The fraction of sp³-hybridized carbons (Fsp3) is 0.412. The molecule has 2 rings (SSSR count). The Morgan fingerprint density at radius 3 is 2.82 bits per heavy atom. The van der Waals surface area contributed by atoms with Crippen molar-refractivity contribution in [1.82, 2.24) is 15.6 Å². The van der Waals surface area contributed by atoms with Crippen LogP contribution in [0.4, 0.5) is 0 Å². The highest BCUT2D eigenvalue weighted by Crippen LogP contribution is 2.18. The van der Waals surface area contributed by atoms with Crippen LogP contribution >= 0.6 is 0 Å². The summed E-state index contributed by atoms with van der Waals surface area (Å²) in [7, 11) is 0. The third-order valence-electron chi connectivity index (χ3n) is 3.62. The first-order chi connectivity index (χ1) is 10.6. The van der Waals surface area contributed by atoms with Gasteiger partial charge in [0.2, 0.25) is 11.8 Å². The molecule has 3 N–H and O–H groups in total. The third-order valence-corrected chi connectivity index (χ3v) is 3.62. The lowest BCUT2D eigenvalue weighted by Crippen LogP contribution is -2.45. The quantitative estimate of drug-likeness (QED) is 0.733. The van der Waals surface area contributed by atoms with E-state index < -0.39 is 6.04 Å². The summed E-state index contributed by atoms with van der Waals surface area (Å²) in [5.74, 6) is -0.244. The number of carbonyl (C=O) groups is 2. The number of aromatic nitrogens is 1. The number of carbonyl (C=O) groups excluding carboxylic acids is 2. The molecule has 0 aliphatic heterocycles. The highest BCUT2D eigenvalue weighted by Gasteiger charge is 2.15. The Kier molecular flexibility index (Phi) is 5.58. The molecule has 0 bridgehead atoms. The van der Waals surface area contributed by atoms with E-state index in [1.165, 1.54) is 0 Å². The maximum atomic E-state index is 12.0. The van der Waals surface area contributed by atoms with Crippen LogP contribution in [0.25, 0.3) is 10.9 Å². The lowest BCUT2D eigenvalue weighted by molar-refractivity contribution is -0.128. The van der Waals surface area contributed by atoms with Gasteiger partial charge in [-0.25, -0.2) is 0 Å². The summed E-state index contributed by atoms with van der Waals surface area (Å²) in [4.78, 5) is 26.9. The zero-order valence-electron chi connectivity index (χ0n) is 13.1. The third kappa shape index (κ3) is 4.10. The number of hydrogen-bond acceptors (Lipinski definition) is 2. The van der Waals surface area contributed by atoms with E-state index in [4.69, 9.17) is 0 Å². The topological polar surface area (TPSA) is 74.0 Å². The van der Waals surface area contributed by atoms with Crippen LogP contribution in [0.1, 0.15) is 32.3 Å².